The van der Waals surface area contributed by atoms with E-state index in [1.54, 1.807) is 6.92 Å². The summed E-state index contributed by atoms with van der Waals surface area (Å²) in [6, 6.07) is 10.00. The Morgan fingerprint density at radius 2 is 1.77 bits per heavy atom. The monoisotopic (exact) mass is 414 g/mol. The first-order valence-electron chi connectivity index (χ1n) is 11.3. The fourth-order valence-electron chi connectivity index (χ4n) is 5.71. The van der Waals surface area contributed by atoms with Crippen LogP contribution in [0.4, 0.5) is 0 Å². The Hall–Kier alpha value is -1.88. The van der Waals surface area contributed by atoms with E-state index >= 15 is 0 Å². The Balaban J connectivity index is 0.00000256. The number of hydrogen-bond donors (Lipinski definition) is 1. The molecule has 1 heterocycles. The first-order valence-corrected chi connectivity index (χ1v) is 11.3. The predicted octanol–water partition coefficient (Wildman–Crippen LogP) is 4.07. The van der Waals surface area contributed by atoms with E-state index in [4.69, 9.17) is 4.74 Å². The van der Waals surface area contributed by atoms with Crippen LogP contribution in [0.1, 0.15) is 59.3 Å². The van der Waals surface area contributed by atoms with E-state index in [2.05, 4.69) is 10.2 Å². The zero-order valence-electron chi connectivity index (χ0n) is 17.5. The third-order valence-corrected chi connectivity index (χ3v) is 7.22. The van der Waals surface area contributed by atoms with Crippen molar-refractivity contribution in [2.75, 3.05) is 19.6 Å². The van der Waals surface area contributed by atoms with Crippen molar-refractivity contribution in [1.82, 2.24) is 10.2 Å². The molecule has 4 unspecified atom stereocenters. The number of rotatable bonds is 6. The average molecular weight is 415 g/mol. The van der Waals surface area contributed by atoms with Gasteiger partial charge in [-0.1, -0.05) is 44.9 Å². The highest BCUT2D eigenvalue weighted by Crippen LogP contribution is 2.45. The third-order valence-electron chi connectivity index (χ3n) is 7.22. The van der Waals surface area contributed by atoms with Gasteiger partial charge in [-0.2, -0.15) is 0 Å². The number of benzene rings is 1. The molecule has 3 aliphatic rings. The molecule has 2 aliphatic carbocycles. The van der Waals surface area contributed by atoms with Crippen LogP contribution in [0, 0.1) is 17.8 Å². The summed E-state index contributed by atoms with van der Waals surface area (Å²) in [6.07, 6.45) is 7.93. The number of para-hydroxylation sites is 1. The van der Waals surface area contributed by atoms with Crippen molar-refractivity contribution in [2.24, 2.45) is 17.8 Å². The fraction of sp³-hybridized carbons (Fsp3) is 0.680. The van der Waals surface area contributed by atoms with Gasteiger partial charge in [-0.25, -0.2) is 0 Å². The largest absolute Gasteiger partial charge is 0.490 e. The average Bonchev–Trinajstić information content (AvgIpc) is 3.09. The van der Waals surface area contributed by atoms with Crippen LogP contribution in [-0.2, 0) is 9.59 Å². The Labute approximate surface area is 181 Å². The maximum atomic E-state index is 12.8. The first kappa shape index (κ1) is 22.8. The SMILES string of the molecule is C.CC(=O)C1CC2CCCCC2C1NC(=O)CN1CCC(Oc2ccccc2)CC1. The number of Topliss-reactive ketones (excluding diaryl/α,β-unsaturated/α-hetero) is 1. The van der Waals surface area contributed by atoms with Crippen LogP contribution >= 0.6 is 0 Å². The van der Waals surface area contributed by atoms with Crippen molar-refractivity contribution in [3.05, 3.63) is 30.3 Å². The van der Waals surface area contributed by atoms with Crippen molar-refractivity contribution in [1.29, 1.82) is 0 Å². The molecule has 0 aromatic heterocycles. The molecule has 3 fully saturated rings. The van der Waals surface area contributed by atoms with Crippen molar-refractivity contribution >= 4 is 11.7 Å². The molecule has 4 atom stereocenters. The summed E-state index contributed by atoms with van der Waals surface area (Å²) in [5.74, 6) is 2.36. The molecular weight excluding hydrogens is 376 g/mol. The maximum absolute atomic E-state index is 12.8. The molecule has 30 heavy (non-hydrogen) atoms. The molecule has 0 radical (unpaired) electrons. The molecule has 1 amide bonds. The van der Waals surface area contributed by atoms with Crippen LogP contribution in [0.2, 0.25) is 0 Å². The lowest BCUT2D eigenvalue weighted by Crippen LogP contribution is -2.49. The van der Waals surface area contributed by atoms with Gasteiger partial charge in [0.25, 0.3) is 0 Å². The predicted molar refractivity (Wildman–Crippen MR) is 119 cm³/mol. The number of nitrogens with one attached hydrogen (secondary N) is 1. The molecule has 166 valence electrons. The van der Waals surface area contributed by atoms with Crippen molar-refractivity contribution < 1.29 is 14.3 Å². The van der Waals surface area contributed by atoms with E-state index in [1.807, 2.05) is 30.3 Å². The zero-order chi connectivity index (χ0) is 20.2. The maximum Gasteiger partial charge on any atom is 0.234 e. The van der Waals surface area contributed by atoms with Crippen LogP contribution in [0.25, 0.3) is 0 Å². The molecular formula is C25H38N2O3. The van der Waals surface area contributed by atoms with Gasteiger partial charge in [0.15, 0.2) is 0 Å². The summed E-state index contributed by atoms with van der Waals surface area (Å²) >= 11 is 0. The van der Waals surface area contributed by atoms with Gasteiger partial charge in [-0.3, -0.25) is 14.5 Å². The number of fused-ring (bicyclic) bond motifs is 1. The second-order valence-electron chi connectivity index (χ2n) is 9.16. The van der Waals surface area contributed by atoms with E-state index in [9.17, 15) is 9.59 Å². The van der Waals surface area contributed by atoms with E-state index < -0.39 is 0 Å². The van der Waals surface area contributed by atoms with Gasteiger partial charge in [-0.15, -0.1) is 0 Å². The molecule has 1 aromatic carbocycles. The highest BCUT2D eigenvalue weighted by Gasteiger charge is 2.46. The van der Waals surface area contributed by atoms with Gasteiger partial charge in [0, 0.05) is 25.0 Å². The highest BCUT2D eigenvalue weighted by molar-refractivity contribution is 5.82. The van der Waals surface area contributed by atoms with Crippen LogP contribution in [0.15, 0.2) is 30.3 Å². The summed E-state index contributed by atoms with van der Waals surface area (Å²) in [5, 5.41) is 3.28. The minimum atomic E-state index is 0. The standard InChI is InChI=1S/C24H34N2O3.CH4/c1-17(27)22-15-18-7-5-6-10-21(18)24(22)25-23(28)16-26-13-11-20(12-14-26)29-19-8-3-2-4-9-19;/h2-4,8-9,18,20-22,24H,5-7,10-16H2,1H3,(H,25,28);1H4. The topological polar surface area (TPSA) is 58.6 Å². The lowest BCUT2D eigenvalue weighted by atomic mass is 9.80. The second-order valence-corrected chi connectivity index (χ2v) is 9.16. The number of ether oxygens (including phenoxy) is 1. The fourth-order valence-corrected chi connectivity index (χ4v) is 5.71. The van der Waals surface area contributed by atoms with E-state index in [0.29, 0.717) is 18.4 Å². The molecule has 1 aliphatic heterocycles. The van der Waals surface area contributed by atoms with Gasteiger partial charge in [0.2, 0.25) is 5.91 Å². The van der Waals surface area contributed by atoms with Crippen LogP contribution < -0.4 is 10.1 Å². The van der Waals surface area contributed by atoms with Gasteiger partial charge in [-0.05, 0) is 56.6 Å². The first-order chi connectivity index (χ1) is 14.1. The van der Waals surface area contributed by atoms with Crippen molar-refractivity contribution in [3.8, 4) is 5.75 Å². The summed E-state index contributed by atoms with van der Waals surface area (Å²) in [6.45, 7) is 3.87. The van der Waals surface area contributed by atoms with Gasteiger partial charge in [0.1, 0.15) is 17.6 Å². The van der Waals surface area contributed by atoms with Crippen molar-refractivity contribution in [3.63, 3.8) is 0 Å². The summed E-state index contributed by atoms with van der Waals surface area (Å²) in [7, 11) is 0. The lowest BCUT2D eigenvalue weighted by Gasteiger charge is -2.33. The van der Waals surface area contributed by atoms with Gasteiger partial charge >= 0.3 is 0 Å². The Kier molecular flexibility index (Phi) is 7.93. The summed E-state index contributed by atoms with van der Waals surface area (Å²) < 4.78 is 6.05. The molecule has 2 saturated carbocycles. The molecule has 0 bridgehead atoms. The number of likely N-dealkylation sites (tertiary alicyclic amines) is 1. The molecule has 1 N–H and O–H groups in total. The Morgan fingerprint density at radius 3 is 2.47 bits per heavy atom. The summed E-state index contributed by atoms with van der Waals surface area (Å²) in [4.78, 5) is 27.2. The minimum Gasteiger partial charge on any atom is -0.490 e. The number of carbonyl (C=O) groups excluding carboxylic acids is 2. The molecule has 0 spiro atoms. The van der Waals surface area contributed by atoms with Crippen molar-refractivity contribution in [2.45, 2.75) is 71.4 Å². The lowest BCUT2D eigenvalue weighted by molar-refractivity contribution is -0.125. The van der Waals surface area contributed by atoms with Gasteiger partial charge in [0.05, 0.1) is 6.54 Å². The number of ketones is 1. The molecule has 5 nitrogen and oxygen atoms in total. The minimum absolute atomic E-state index is 0. The zero-order valence-corrected chi connectivity index (χ0v) is 17.5. The Morgan fingerprint density at radius 1 is 1.07 bits per heavy atom. The quantitative estimate of drug-likeness (QED) is 0.762. The van der Waals surface area contributed by atoms with Gasteiger partial charge < -0.3 is 10.1 Å². The third kappa shape index (κ3) is 5.42. The second kappa shape index (κ2) is 10.4. The summed E-state index contributed by atoms with van der Waals surface area (Å²) in [5.41, 5.74) is 0. The molecule has 1 saturated heterocycles. The number of nitrogens with zero attached hydrogens (tertiary/aromatic N) is 1. The molecule has 4 rings (SSSR count). The van der Waals surface area contributed by atoms with Crippen LogP contribution in [-0.4, -0.2) is 48.4 Å². The van der Waals surface area contributed by atoms with Crippen LogP contribution in [0.5, 0.6) is 5.75 Å². The Bertz CT molecular complexity index is 700. The van der Waals surface area contributed by atoms with E-state index in [-0.39, 0.29) is 37.2 Å². The highest BCUT2D eigenvalue weighted by atomic mass is 16.5. The number of hydrogen-bond acceptors (Lipinski definition) is 4. The number of piperidine rings is 1. The molecule has 5 heteroatoms. The smallest absolute Gasteiger partial charge is 0.234 e. The number of carbonyl (C=O) groups is 2. The molecule has 1 aromatic rings. The van der Waals surface area contributed by atoms with E-state index in [1.165, 1.54) is 19.3 Å². The van der Waals surface area contributed by atoms with Crippen LogP contribution in [0.3, 0.4) is 0 Å². The normalized spacial score (nSPS) is 29.5. The number of amides is 1. The van der Waals surface area contributed by atoms with E-state index in [0.717, 1.165) is 44.5 Å².